The van der Waals surface area contributed by atoms with Crippen LogP contribution in [0.5, 0.6) is 0 Å². The summed E-state index contributed by atoms with van der Waals surface area (Å²) in [5, 5.41) is 2.98. The van der Waals surface area contributed by atoms with Gasteiger partial charge in [0, 0.05) is 25.6 Å². The van der Waals surface area contributed by atoms with Crippen molar-refractivity contribution in [1.29, 1.82) is 0 Å². The largest absolute Gasteiger partial charge is 0.353 e. The maximum Gasteiger partial charge on any atom is 0.239 e. The predicted octanol–water partition coefficient (Wildman–Crippen LogP) is 0.584. The van der Waals surface area contributed by atoms with Gasteiger partial charge < -0.3 is 16.0 Å². The van der Waals surface area contributed by atoms with Crippen molar-refractivity contribution in [3.8, 4) is 0 Å². The Kier molecular flexibility index (Phi) is 7.23. The molecule has 0 aromatic heterocycles. The van der Waals surface area contributed by atoms with Crippen LogP contribution in [0.1, 0.15) is 32.6 Å². The molecule has 1 aliphatic heterocycles. The summed E-state index contributed by atoms with van der Waals surface area (Å²) >= 11 is 1.71. The highest BCUT2D eigenvalue weighted by Crippen LogP contribution is 2.12. The van der Waals surface area contributed by atoms with Gasteiger partial charge in [-0.1, -0.05) is 6.92 Å². The highest BCUT2D eigenvalue weighted by Gasteiger charge is 2.26. The lowest BCUT2D eigenvalue weighted by Gasteiger charge is -2.33. The third kappa shape index (κ3) is 5.40. The first-order chi connectivity index (χ1) is 9.08. The highest BCUT2D eigenvalue weighted by atomic mass is 32.2. The average Bonchev–Trinajstić information content (AvgIpc) is 2.44. The molecule has 1 rings (SSSR count). The topological polar surface area (TPSA) is 75.4 Å². The Morgan fingerprint density at radius 1 is 1.42 bits per heavy atom. The Bertz CT molecular complexity index is 304. The van der Waals surface area contributed by atoms with Gasteiger partial charge in [-0.2, -0.15) is 11.8 Å². The molecule has 6 heteroatoms. The molecule has 1 aliphatic rings. The molecule has 110 valence electrons. The maximum atomic E-state index is 12.1. The fraction of sp³-hybridized carbons (Fsp3) is 0.846. The third-order valence-electron chi connectivity index (χ3n) is 3.44. The molecule has 1 saturated heterocycles. The zero-order chi connectivity index (χ0) is 14.3. The molecule has 0 spiro atoms. The van der Waals surface area contributed by atoms with Crippen molar-refractivity contribution >= 4 is 23.6 Å². The Balaban J connectivity index is 2.32. The monoisotopic (exact) mass is 287 g/mol. The molecule has 1 atom stereocenters. The lowest BCUT2D eigenvalue weighted by atomic mass is 10.0. The molecule has 0 aromatic rings. The Labute approximate surface area is 119 Å². The van der Waals surface area contributed by atoms with E-state index < -0.39 is 0 Å². The van der Waals surface area contributed by atoms with E-state index in [1.54, 1.807) is 11.8 Å². The minimum absolute atomic E-state index is 0.0503. The van der Waals surface area contributed by atoms with E-state index >= 15 is 0 Å². The number of nitrogens with one attached hydrogen (secondary N) is 1. The summed E-state index contributed by atoms with van der Waals surface area (Å²) in [4.78, 5) is 25.2. The van der Waals surface area contributed by atoms with E-state index in [0.29, 0.717) is 19.5 Å². The first-order valence-electron chi connectivity index (χ1n) is 6.91. The van der Waals surface area contributed by atoms with E-state index in [1.165, 1.54) is 0 Å². The van der Waals surface area contributed by atoms with Crippen LogP contribution in [0.15, 0.2) is 0 Å². The number of piperidine rings is 1. The van der Waals surface area contributed by atoms with Crippen molar-refractivity contribution in [2.24, 2.45) is 5.73 Å². The van der Waals surface area contributed by atoms with Crippen LogP contribution in [0.4, 0.5) is 0 Å². The number of amides is 2. The zero-order valence-electron chi connectivity index (χ0n) is 11.9. The Morgan fingerprint density at radius 2 is 2.05 bits per heavy atom. The number of nitrogens with two attached hydrogens (primary N) is 1. The van der Waals surface area contributed by atoms with Crippen molar-refractivity contribution in [3.63, 3.8) is 0 Å². The molecule has 2 amide bonds. The van der Waals surface area contributed by atoms with Gasteiger partial charge in [0.25, 0.3) is 0 Å². The van der Waals surface area contributed by atoms with Gasteiger partial charge in [0.1, 0.15) is 0 Å². The molecule has 0 radical (unpaired) electrons. The van der Waals surface area contributed by atoms with Gasteiger partial charge in [-0.3, -0.25) is 9.59 Å². The SMILES string of the molecule is CCC(=O)NC1CCN(C(=O)[C@@H](N)CCSC)CC1. The molecule has 0 bridgehead atoms. The van der Waals surface area contributed by atoms with Gasteiger partial charge in [-0.25, -0.2) is 0 Å². The summed E-state index contributed by atoms with van der Waals surface area (Å²) in [5.41, 5.74) is 5.90. The van der Waals surface area contributed by atoms with Gasteiger partial charge in [0.2, 0.25) is 11.8 Å². The minimum atomic E-state index is -0.380. The molecule has 5 nitrogen and oxygen atoms in total. The van der Waals surface area contributed by atoms with Crippen molar-refractivity contribution in [1.82, 2.24) is 10.2 Å². The van der Waals surface area contributed by atoms with Crippen LogP contribution in [-0.2, 0) is 9.59 Å². The quantitative estimate of drug-likeness (QED) is 0.749. The zero-order valence-corrected chi connectivity index (χ0v) is 12.7. The summed E-state index contributed by atoms with van der Waals surface area (Å²) in [5.74, 6) is 1.05. The molecule has 19 heavy (non-hydrogen) atoms. The van der Waals surface area contributed by atoms with Gasteiger partial charge in [0.15, 0.2) is 0 Å². The van der Waals surface area contributed by atoms with E-state index in [4.69, 9.17) is 5.73 Å². The minimum Gasteiger partial charge on any atom is -0.353 e. The molecule has 3 N–H and O–H groups in total. The second-order valence-corrected chi connectivity index (χ2v) is 5.89. The van der Waals surface area contributed by atoms with Crippen LogP contribution in [0.25, 0.3) is 0 Å². The van der Waals surface area contributed by atoms with Crippen molar-refractivity contribution in [2.75, 3.05) is 25.1 Å². The predicted molar refractivity (Wildman–Crippen MR) is 79.0 cm³/mol. The first-order valence-corrected chi connectivity index (χ1v) is 8.30. The van der Waals surface area contributed by atoms with Gasteiger partial charge in [-0.15, -0.1) is 0 Å². The highest BCUT2D eigenvalue weighted by molar-refractivity contribution is 7.98. The number of thioether (sulfide) groups is 1. The summed E-state index contributed by atoms with van der Waals surface area (Å²) in [6.45, 7) is 3.24. The summed E-state index contributed by atoms with van der Waals surface area (Å²) in [6, 6.07) is -0.173. The van der Waals surface area contributed by atoms with Crippen molar-refractivity contribution in [3.05, 3.63) is 0 Å². The number of carbonyl (C=O) groups excluding carboxylic acids is 2. The third-order valence-corrected chi connectivity index (χ3v) is 4.09. The number of nitrogens with zero attached hydrogens (tertiary/aromatic N) is 1. The summed E-state index contributed by atoms with van der Waals surface area (Å²) in [7, 11) is 0. The Hall–Kier alpha value is -0.750. The maximum absolute atomic E-state index is 12.1. The van der Waals surface area contributed by atoms with Crippen LogP contribution in [-0.4, -0.2) is 53.9 Å². The number of carbonyl (C=O) groups is 2. The fourth-order valence-corrected chi connectivity index (χ4v) is 2.67. The average molecular weight is 287 g/mol. The number of rotatable bonds is 6. The number of hydrogen-bond donors (Lipinski definition) is 2. The summed E-state index contributed by atoms with van der Waals surface area (Å²) < 4.78 is 0. The van der Waals surface area contributed by atoms with Crippen molar-refractivity contribution in [2.45, 2.75) is 44.7 Å². The molecule has 0 aliphatic carbocycles. The van der Waals surface area contributed by atoms with Crippen LogP contribution in [0.2, 0.25) is 0 Å². The van der Waals surface area contributed by atoms with Crippen LogP contribution in [0, 0.1) is 0 Å². The molecular weight excluding hydrogens is 262 g/mol. The Morgan fingerprint density at radius 3 is 2.58 bits per heavy atom. The standard InChI is InChI=1S/C13H25N3O2S/c1-3-12(17)15-10-4-7-16(8-5-10)13(18)11(14)6-9-19-2/h10-11H,3-9,14H2,1-2H3,(H,15,17)/t11-/m0/s1. The van der Waals surface area contributed by atoms with Gasteiger partial charge in [0.05, 0.1) is 6.04 Å². The number of likely N-dealkylation sites (tertiary alicyclic amines) is 1. The number of hydrogen-bond acceptors (Lipinski definition) is 4. The van der Waals surface area contributed by atoms with E-state index in [9.17, 15) is 9.59 Å². The fourth-order valence-electron chi connectivity index (χ4n) is 2.18. The smallest absolute Gasteiger partial charge is 0.239 e. The molecule has 0 aromatic carbocycles. The normalized spacial score (nSPS) is 18.2. The first kappa shape index (κ1) is 16.3. The lowest BCUT2D eigenvalue weighted by Crippen LogP contribution is -2.51. The van der Waals surface area contributed by atoms with E-state index in [-0.39, 0.29) is 23.9 Å². The van der Waals surface area contributed by atoms with E-state index in [2.05, 4.69) is 5.32 Å². The van der Waals surface area contributed by atoms with Gasteiger partial charge >= 0.3 is 0 Å². The van der Waals surface area contributed by atoms with Crippen molar-refractivity contribution < 1.29 is 9.59 Å². The van der Waals surface area contributed by atoms with E-state index in [1.807, 2.05) is 18.1 Å². The lowest BCUT2D eigenvalue weighted by molar-refractivity contribution is -0.133. The van der Waals surface area contributed by atoms with Crippen LogP contribution < -0.4 is 11.1 Å². The second kappa shape index (κ2) is 8.43. The van der Waals surface area contributed by atoms with E-state index in [0.717, 1.165) is 25.0 Å². The second-order valence-electron chi connectivity index (χ2n) is 4.91. The molecule has 1 heterocycles. The molecule has 0 unspecified atom stereocenters. The molecule has 0 saturated carbocycles. The van der Waals surface area contributed by atoms with Crippen LogP contribution >= 0.6 is 11.8 Å². The molecule has 1 fully saturated rings. The molecular formula is C13H25N3O2S. The summed E-state index contributed by atoms with van der Waals surface area (Å²) in [6.07, 6.45) is 4.91. The van der Waals surface area contributed by atoms with Gasteiger partial charge in [-0.05, 0) is 31.3 Å². The van der Waals surface area contributed by atoms with Crippen LogP contribution in [0.3, 0.4) is 0 Å².